The topological polar surface area (TPSA) is 108 Å². The highest BCUT2D eigenvalue weighted by Gasteiger charge is 2.44. The Morgan fingerprint density at radius 2 is 1.83 bits per heavy atom. The number of amides is 2. The van der Waals surface area contributed by atoms with Crippen molar-refractivity contribution in [1.82, 2.24) is 15.6 Å². The van der Waals surface area contributed by atoms with Crippen molar-refractivity contribution in [2.75, 3.05) is 0 Å². The Morgan fingerprint density at radius 3 is 2.29 bits per heavy atom. The number of hydrogen-bond acceptors (Lipinski definition) is 6. The number of allylic oxidation sites excluding steroid dienone is 1. The molecule has 194 valence electrons. The summed E-state index contributed by atoms with van der Waals surface area (Å²) in [5.41, 5.74) is 0.288. The van der Waals surface area contributed by atoms with Gasteiger partial charge in [0.15, 0.2) is 0 Å². The van der Waals surface area contributed by atoms with Crippen molar-refractivity contribution >= 4 is 47.1 Å². The molecule has 1 aromatic heterocycles. The van der Waals surface area contributed by atoms with Gasteiger partial charge < -0.3 is 15.7 Å². The van der Waals surface area contributed by atoms with Gasteiger partial charge in [0.25, 0.3) is 0 Å². The van der Waals surface area contributed by atoms with Crippen molar-refractivity contribution in [3.05, 3.63) is 47.6 Å². The molecule has 1 fully saturated rings. The molecule has 9 heteroatoms. The first-order valence-electron chi connectivity index (χ1n) is 11.9. The van der Waals surface area contributed by atoms with Crippen LogP contribution in [0.15, 0.2) is 36.4 Å². The third-order valence-corrected chi connectivity index (χ3v) is 6.27. The molecule has 35 heavy (non-hydrogen) atoms. The van der Waals surface area contributed by atoms with Crippen LogP contribution in [0.1, 0.15) is 71.6 Å². The Labute approximate surface area is 219 Å². The van der Waals surface area contributed by atoms with Gasteiger partial charge in [-0.05, 0) is 49.6 Å². The average Bonchev–Trinajstić information content (AvgIpc) is 3.26. The normalized spacial score (nSPS) is 16.2. The molecular formula is C26H39N3O4S2. The smallest absolute Gasteiger partial charge is 0.326 e. The van der Waals surface area contributed by atoms with Crippen LogP contribution >= 0.6 is 24.4 Å². The van der Waals surface area contributed by atoms with E-state index in [1.807, 2.05) is 18.4 Å². The van der Waals surface area contributed by atoms with E-state index in [0.29, 0.717) is 24.1 Å². The van der Waals surface area contributed by atoms with E-state index in [1.165, 1.54) is 11.8 Å². The second kappa shape index (κ2) is 15.0. The third kappa shape index (κ3) is 10.5. The zero-order valence-electron chi connectivity index (χ0n) is 21.3. The predicted molar refractivity (Wildman–Crippen MR) is 147 cm³/mol. The molecule has 3 N–H and O–H groups in total. The number of rotatable bonds is 10. The number of pyridine rings is 1. The second-order valence-corrected chi connectivity index (χ2v) is 11.1. The Kier molecular flexibility index (Phi) is 13.2. The molecule has 1 saturated carbocycles. The average molecular weight is 522 g/mol. The molecule has 2 amide bonds. The maximum Gasteiger partial charge on any atom is 0.326 e. The van der Waals surface area contributed by atoms with E-state index in [9.17, 15) is 19.5 Å². The molecule has 0 saturated heterocycles. The van der Waals surface area contributed by atoms with E-state index in [2.05, 4.69) is 55.6 Å². The second-order valence-electron chi connectivity index (χ2n) is 9.32. The maximum absolute atomic E-state index is 13.0. The van der Waals surface area contributed by atoms with Crippen molar-refractivity contribution in [2.24, 2.45) is 5.92 Å². The molecule has 0 aromatic carbocycles. The number of thioether (sulfide) groups is 1. The minimum Gasteiger partial charge on any atom is -0.480 e. The number of nitrogens with one attached hydrogen (secondary N) is 2. The van der Waals surface area contributed by atoms with Crippen molar-refractivity contribution in [3.63, 3.8) is 0 Å². The van der Waals surface area contributed by atoms with Gasteiger partial charge in [-0.2, -0.15) is 12.6 Å². The summed E-state index contributed by atoms with van der Waals surface area (Å²) in [7, 11) is 0. The van der Waals surface area contributed by atoms with Crippen LogP contribution in [-0.4, -0.2) is 44.7 Å². The predicted octanol–water partition coefficient (Wildman–Crippen LogP) is 4.84. The Bertz CT molecular complexity index is 890. The van der Waals surface area contributed by atoms with Crippen molar-refractivity contribution < 1.29 is 19.5 Å². The fourth-order valence-electron chi connectivity index (χ4n) is 3.38. The number of aliphatic carboxylic acids is 1. The lowest BCUT2D eigenvalue weighted by Crippen LogP contribution is -2.61. The lowest BCUT2D eigenvalue weighted by atomic mass is 9.94. The molecule has 2 rings (SSSR count). The first kappa shape index (κ1) is 30.8. The largest absolute Gasteiger partial charge is 0.480 e. The van der Waals surface area contributed by atoms with Crippen LogP contribution in [0, 0.1) is 5.92 Å². The summed E-state index contributed by atoms with van der Waals surface area (Å²) in [5.74, 6) is -1.13. The molecule has 1 heterocycles. The standard InChI is InChI=1S/C22H29N3O4S2.C4H10/c1-4-11-31-15(3)17-8-7-16(13-23-17)12-18(20(27)28)24-21(29)22(9-5-6-10-22)25-19(26)14(2)30;1-4(2)3/h4,7-8,11,13-14,18,30H,3,5-6,9-10,12H2,1-2H3,(H,24,29)(H,25,26)(H,27,28);4H,1-3H3/b11-4-;. The molecule has 2 unspecified atom stereocenters. The van der Waals surface area contributed by atoms with Crippen LogP contribution in [0.5, 0.6) is 0 Å². The summed E-state index contributed by atoms with van der Waals surface area (Å²) >= 11 is 5.58. The van der Waals surface area contributed by atoms with Gasteiger partial charge in [0.1, 0.15) is 11.6 Å². The molecule has 0 radical (unpaired) electrons. The van der Waals surface area contributed by atoms with Crippen LogP contribution in [0.4, 0.5) is 0 Å². The Hall–Kier alpha value is -2.26. The zero-order chi connectivity index (χ0) is 26.6. The van der Waals surface area contributed by atoms with E-state index >= 15 is 0 Å². The monoisotopic (exact) mass is 521 g/mol. The minimum absolute atomic E-state index is 0.0792. The summed E-state index contributed by atoms with van der Waals surface area (Å²) < 4.78 is 0. The van der Waals surface area contributed by atoms with Gasteiger partial charge in [0, 0.05) is 17.5 Å². The number of carbonyl (C=O) groups is 3. The van der Waals surface area contributed by atoms with Crippen LogP contribution in [0.25, 0.3) is 4.91 Å². The molecule has 0 aliphatic heterocycles. The number of carboxylic acids is 1. The summed E-state index contributed by atoms with van der Waals surface area (Å²) in [5, 5.41) is 16.4. The highest BCUT2D eigenvalue weighted by molar-refractivity contribution is 8.10. The van der Waals surface area contributed by atoms with Gasteiger partial charge in [-0.3, -0.25) is 14.6 Å². The molecule has 1 aliphatic rings. The minimum atomic E-state index is -1.15. The molecule has 1 aliphatic carbocycles. The van der Waals surface area contributed by atoms with Crippen molar-refractivity contribution in [1.29, 1.82) is 0 Å². The van der Waals surface area contributed by atoms with E-state index in [0.717, 1.165) is 23.7 Å². The number of thiol groups is 1. The van der Waals surface area contributed by atoms with E-state index in [1.54, 1.807) is 25.3 Å². The van der Waals surface area contributed by atoms with Gasteiger partial charge in [0.05, 0.1) is 10.9 Å². The third-order valence-electron chi connectivity index (χ3n) is 5.13. The molecule has 0 spiro atoms. The summed E-state index contributed by atoms with van der Waals surface area (Å²) in [6, 6.07) is 2.42. The summed E-state index contributed by atoms with van der Waals surface area (Å²) in [4.78, 5) is 42.1. The number of nitrogens with zero attached hydrogens (tertiary/aromatic N) is 1. The van der Waals surface area contributed by atoms with E-state index in [-0.39, 0.29) is 12.3 Å². The lowest BCUT2D eigenvalue weighted by molar-refractivity contribution is -0.143. The fourth-order valence-corrected chi connectivity index (χ4v) is 3.99. The zero-order valence-corrected chi connectivity index (χ0v) is 23.0. The molecule has 1 aromatic rings. The summed E-state index contributed by atoms with van der Waals surface area (Å²) in [6.07, 6.45) is 6.09. The molecule has 0 bridgehead atoms. The number of aromatic nitrogens is 1. The van der Waals surface area contributed by atoms with Gasteiger partial charge in [0.2, 0.25) is 11.8 Å². The summed E-state index contributed by atoms with van der Waals surface area (Å²) in [6.45, 7) is 14.0. The van der Waals surface area contributed by atoms with Crippen molar-refractivity contribution in [3.8, 4) is 0 Å². The Morgan fingerprint density at radius 1 is 1.23 bits per heavy atom. The number of carboxylic acid groups (broad SMARTS) is 1. The quantitative estimate of drug-likeness (QED) is 0.328. The van der Waals surface area contributed by atoms with E-state index in [4.69, 9.17) is 0 Å². The van der Waals surface area contributed by atoms with Crippen LogP contribution in [0.3, 0.4) is 0 Å². The molecular weight excluding hydrogens is 482 g/mol. The van der Waals surface area contributed by atoms with Crippen LogP contribution < -0.4 is 10.6 Å². The maximum atomic E-state index is 13.0. The number of hydrogen-bond donors (Lipinski definition) is 4. The number of carbonyl (C=O) groups excluding carboxylic acids is 2. The van der Waals surface area contributed by atoms with Gasteiger partial charge in [-0.15, -0.1) is 0 Å². The lowest BCUT2D eigenvalue weighted by Gasteiger charge is -2.31. The van der Waals surface area contributed by atoms with E-state index < -0.39 is 28.7 Å². The first-order valence-corrected chi connectivity index (χ1v) is 13.3. The van der Waals surface area contributed by atoms with Gasteiger partial charge in [-0.1, -0.05) is 64.1 Å². The van der Waals surface area contributed by atoms with Crippen LogP contribution in [-0.2, 0) is 20.8 Å². The van der Waals surface area contributed by atoms with Gasteiger partial charge in [-0.25, -0.2) is 4.79 Å². The Balaban J connectivity index is 0.00000142. The van der Waals surface area contributed by atoms with Crippen molar-refractivity contribution in [2.45, 2.75) is 83.6 Å². The fraction of sp³-hybridized carbons (Fsp3) is 0.538. The highest BCUT2D eigenvalue weighted by atomic mass is 32.2. The first-order chi connectivity index (χ1) is 16.4. The molecule has 7 nitrogen and oxygen atoms in total. The van der Waals surface area contributed by atoms with Crippen LogP contribution in [0.2, 0.25) is 0 Å². The SMILES string of the molecule is C=C(S/C=C\C)c1ccc(CC(NC(=O)C2(NC(=O)C(C)S)CCCC2)C(=O)O)cn1.CC(C)C. The highest BCUT2D eigenvalue weighted by Crippen LogP contribution is 2.30. The molecule has 2 atom stereocenters. The van der Waals surface area contributed by atoms with Gasteiger partial charge >= 0.3 is 5.97 Å².